The molecule has 0 bridgehead atoms. The quantitative estimate of drug-likeness (QED) is 0.560. The maximum absolute atomic E-state index is 10.7. The summed E-state index contributed by atoms with van der Waals surface area (Å²) >= 11 is 0. The van der Waals surface area contributed by atoms with Gasteiger partial charge in [0.25, 0.3) is 0 Å². The molecule has 1 aromatic rings. The maximum Gasteiger partial charge on any atom is 0.181 e. The van der Waals surface area contributed by atoms with Crippen LogP contribution in [0.25, 0.3) is 0 Å². The van der Waals surface area contributed by atoms with Gasteiger partial charge < -0.3 is 0 Å². The number of hydrogen-bond donors (Lipinski definition) is 0. The Labute approximate surface area is 58.8 Å². The Bertz CT molecular complexity index is 241. The molecule has 0 saturated carbocycles. The molecule has 0 unspecified atom stereocenters. The predicted octanol–water partition coefficient (Wildman–Crippen LogP) is 0.501. The van der Waals surface area contributed by atoms with Crippen molar-refractivity contribution in [2.45, 2.75) is 20.4 Å². The Hall–Kier alpha value is -1.19. The van der Waals surface area contributed by atoms with Gasteiger partial charge in [0.05, 0.1) is 6.20 Å². The van der Waals surface area contributed by atoms with Crippen molar-refractivity contribution in [2.75, 3.05) is 0 Å². The van der Waals surface area contributed by atoms with E-state index in [4.69, 9.17) is 0 Å². The van der Waals surface area contributed by atoms with Gasteiger partial charge in [0, 0.05) is 13.5 Å². The number of aryl methyl sites for hydroxylation is 1. The Balaban J connectivity index is 2.88. The normalized spacial score (nSPS) is 9.80. The SMILES string of the molecule is CCn1cc(C(C)=O)nn1. The largest absolute Gasteiger partial charge is 0.293 e. The van der Waals surface area contributed by atoms with Gasteiger partial charge in [-0.3, -0.25) is 9.48 Å². The molecular weight excluding hydrogens is 130 g/mol. The Morgan fingerprint density at radius 3 is 2.80 bits per heavy atom. The number of carbonyl (C=O) groups excluding carboxylic acids is 1. The van der Waals surface area contributed by atoms with Crippen molar-refractivity contribution >= 4 is 5.78 Å². The zero-order valence-electron chi connectivity index (χ0n) is 6.03. The molecule has 0 amide bonds. The summed E-state index contributed by atoms with van der Waals surface area (Å²) in [6.45, 7) is 4.17. The second kappa shape index (κ2) is 2.60. The average Bonchev–Trinajstić information content (AvgIpc) is 2.34. The van der Waals surface area contributed by atoms with Crippen molar-refractivity contribution in [3.8, 4) is 0 Å². The number of carbonyl (C=O) groups is 1. The van der Waals surface area contributed by atoms with Gasteiger partial charge in [-0.1, -0.05) is 5.21 Å². The van der Waals surface area contributed by atoms with Crippen molar-refractivity contribution in [2.24, 2.45) is 0 Å². The van der Waals surface area contributed by atoms with E-state index in [0.29, 0.717) is 5.69 Å². The highest BCUT2D eigenvalue weighted by atomic mass is 16.1. The van der Waals surface area contributed by atoms with Crippen LogP contribution in [0.5, 0.6) is 0 Å². The third kappa shape index (κ3) is 1.21. The van der Waals surface area contributed by atoms with Gasteiger partial charge >= 0.3 is 0 Å². The van der Waals surface area contributed by atoms with Gasteiger partial charge in [0.2, 0.25) is 0 Å². The molecule has 54 valence electrons. The molecule has 10 heavy (non-hydrogen) atoms. The number of rotatable bonds is 2. The van der Waals surface area contributed by atoms with Gasteiger partial charge in [-0.15, -0.1) is 5.10 Å². The molecule has 4 nitrogen and oxygen atoms in total. The summed E-state index contributed by atoms with van der Waals surface area (Å²) in [5.74, 6) is -0.0419. The minimum atomic E-state index is -0.0419. The van der Waals surface area contributed by atoms with Gasteiger partial charge in [-0.2, -0.15) is 0 Å². The van der Waals surface area contributed by atoms with Crippen LogP contribution in [0.15, 0.2) is 6.20 Å². The molecule has 1 aromatic heterocycles. The lowest BCUT2D eigenvalue weighted by Gasteiger charge is -1.86. The molecule has 1 rings (SSSR count). The van der Waals surface area contributed by atoms with E-state index >= 15 is 0 Å². The fraction of sp³-hybridized carbons (Fsp3) is 0.500. The van der Waals surface area contributed by atoms with Gasteiger partial charge in [0.1, 0.15) is 5.69 Å². The van der Waals surface area contributed by atoms with E-state index in [-0.39, 0.29) is 5.78 Å². The predicted molar refractivity (Wildman–Crippen MR) is 35.7 cm³/mol. The van der Waals surface area contributed by atoms with Crippen LogP contribution in [-0.4, -0.2) is 20.8 Å². The number of Topliss-reactive ketones (excluding diaryl/α,β-unsaturated/α-hetero) is 1. The second-order valence-corrected chi connectivity index (χ2v) is 2.02. The van der Waals surface area contributed by atoms with Crippen molar-refractivity contribution in [1.82, 2.24) is 15.0 Å². The fourth-order valence-corrected chi connectivity index (χ4v) is 0.614. The van der Waals surface area contributed by atoms with Gasteiger partial charge in [-0.25, -0.2) is 0 Å². The highest BCUT2D eigenvalue weighted by Gasteiger charge is 2.02. The van der Waals surface area contributed by atoms with Crippen LogP contribution in [0.1, 0.15) is 24.3 Å². The van der Waals surface area contributed by atoms with E-state index < -0.39 is 0 Å². The van der Waals surface area contributed by atoms with E-state index in [0.717, 1.165) is 6.54 Å². The highest BCUT2D eigenvalue weighted by Crippen LogP contribution is 1.92. The Morgan fingerprint density at radius 2 is 2.50 bits per heavy atom. The first-order chi connectivity index (χ1) is 4.74. The zero-order valence-corrected chi connectivity index (χ0v) is 6.03. The number of nitrogens with zero attached hydrogens (tertiary/aromatic N) is 3. The number of ketones is 1. The van der Waals surface area contributed by atoms with Crippen molar-refractivity contribution < 1.29 is 4.79 Å². The lowest BCUT2D eigenvalue weighted by Crippen LogP contribution is -1.93. The first-order valence-corrected chi connectivity index (χ1v) is 3.15. The third-order valence-electron chi connectivity index (χ3n) is 1.22. The van der Waals surface area contributed by atoms with Gasteiger partial charge in [-0.05, 0) is 6.92 Å². The van der Waals surface area contributed by atoms with Crippen molar-refractivity contribution in [1.29, 1.82) is 0 Å². The summed E-state index contributed by atoms with van der Waals surface area (Å²) in [5, 5.41) is 7.35. The number of aromatic nitrogens is 3. The lowest BCUT2D eigenvalue weighted by atomic mass is 10.3. The summed E-state index contributed by atoms with van der Waals surface area (Å²) in [6, 6.07) is 0. The molecular formula is C6H9N3O. The van der Waals surface area contributed by atoms with Crippen LogP contribution in [-0.2, 0) is 6.54 Å². The summed E-state index contributed by atoms with van der Waals surface area (Å²) in [5.41, 5.74) is 0.432. The summed E-state index contributed by atoms with van der Waals surface area (Å²) in [7, 11) is 0. The summed E-state index contributed by atoms with van der Waals surface area (Å²) in [4.78, 5) is 10.7. The first kappa shape index (κ1) is 6.92. The average molecular weight is 139 g/mol. The number of hydrogen-bond acceptors (Lipinski definition) is 3. The van der Waals surface area contributed by atoms with E-state index in [2.05, 4.69) is 10.3 Å². The van der Waals surface area contributed by atoms with E-state index in [1.807, 2.05) is 6.92 Å². The van der Waals surface area contributed by atoms with E-state index in [1.54, 1.807) is 10.9 Å². The molecule has 0 aliphatic carbocycles. The van der Waals surface area contributed by atoms with Crippen LogP contribution < -0.4 is 0 Å². The van der Waals surface area contributed by atoms with Gasteiger partial charge in [0.15, 0.2) is 5.78 Å². The molecule has 0 aliphatic heterocycles. The van der Waals surface area contributed by atoms with Crippen molar-refractivity contribution in [3.05, 3.63) is 11.9 Å². The fourth-order valence-electron chi connectivity index (χ4n) is 0.614. The zero-order chi connectivity index (χ0) is 7.56. The Morgan fingerprint density at radius 1 is 1.80 bits per heavy atom. The van der Waals surface area contributed by atoms with Crippen LogP contribution in [0, 0.1) is 0 Å². The van der Waals surface area contributed by atoms with Crippen LogP contribution in [0.2, 0.25) is 0 Å². The summed E-state index contributed by atoms with van der Waals surface area (Å²) in [6.07, 6.45) is 1.64. The first-order valence-electron chi connectivity index (χ1n) is 3.15. The van der Waals surface area contributed by atoms with Crippen LogP contribution >= 0.6 is 0 Å². The molecule has 0 spiro atoms. The molecule has 0 N–H and O–H groups in total. The Kier molecular flexibility index (Phi) is 1.80. The standard InChI is InChI=1S/C6H9N3O/c1-3-9-4-6(5(2)10)7-8-9/h4H,3H2,1-2H3. The topological polar surface area (TPSA) is 47.8 Å². The minimum absolute atomic E-state index is 0.0419. The molecule has 0 atom stereocenters. The monoisotopic (exact) mass is 139 g/mol. The molecule has 0 saturated heterocycles. The molecule has 0 radical (unpaired) electrons. The molecule has 0 aliphatic rings. The van der Waals surface area contributed by atoms with E-state index in [9.17, 15) is 4.79 Å². The summed E-state index contributed by atoms with van der Waals surface area (Å²) < 4.78 is 1.62. The van der Waals surface area contributed by atoms with Crippen LogP contribution in [0.3, 0.4) is 0 Å². The lowest BCUT2D eigenvalue weighted by molar-refractivity contribution is 0.101. The van der Waals surface area contributed by atoms with Crippen LogP contribution in [0.4, 0.5) is 0 Å². The minimum Gasteiger partial charge on any atom is -0.293 e. The molecule has 0 fully saturated rings. The third-order valence-corrected chi connectivity index (χ3v) is 1.22. The highest BCUT2D eigenvalue weighted by molar-refractivity contribution is 5.91. The smallest absolute Gasteiger partial charge is 0.181 e. The molecule has 1 heterocycles. The van der Waals surface area contributed by atoms with Crippen molar-refractivity contribution in [3.63, 3.8) is 0 Å². The molecule has 4 heteroatoms. The van der Waals surface area contributed by atoms with E-state index in [1.165, 1.54) is 6.92 Å². The maximum atomic E-state index is 10.7. The molecule has 0 aromatic carbocycles. The second-order valence-electron chi connectivity index (χ2n) is 2.02.